The lowest BCUT2D eigenvalue weighted by Gasteiger charge is -2.32. The van der Waals surface area contributed by atoms with Crippen molar-refractivity contribution in [1.82, 2.24) is 9.62 Å². The van der Waals surface area contributed by atoms with E-state index in [2.05, 4.69) is 5.32 Å². The van der Waals surface area contributed by atoms with Gasteiger partial charge in [0.15, 0.2) is 0 Å². The summed E-state index contributed by atoms with van der Waals surface area (Å²) in [6.07, 6.45) is 3.52. The van der Waals surface area contributed by atoms with E-state index < -0.39 is 10.0 Å². The van der Waals surface area contributed by atoms with E-state index in [0.717, 1.165) is 12.8 Å². The molecule has 6 nitrogen and oxygen atoms in total. The van der Waals surface area contributed by atoms with Gasteiger partial charge in [0.05, 0.1) is 23.9 Å². The molecule has 3 fully saturated rings. The fourth-order valence-corrected chi connectivity index (χ4v) is 4.30. The standard InChI is InChI=1S/C13H22N2O4S/c1-2-20(17,18)15-7-10-6-11(12(8-15)19-10)13(16)14-9-4-3-5-9/h9-12H,2-8H2,1H3,(H,14,16)/t10-,11+,12-/m0/s1. The van der Waals surface area contributed by atoms with Crippen LogP contribution in [0.4, 0.5) is 0 Å². The van der Waals surface area contributed by atoms with Gasteiger partial charge >= 0.3 is 0 Å². The summed E-state index contributed by atoms with van der Waals surface area (Å²) in [4.78, 5) is 12.3. The summed E-state index contributed by atoms with van der Waals surface area (Å²) in [6.45, 7) is 2.35. The molecule has 0 radical (unpaired) electrons. The number of nitrogens with zero attached hydrogens (tertiary/aromatic N) is 1. The number of ether oxygens (including phenoxy) is 1. The van der Waals surface area contributed by atoms with Gasteiger partial charge in [0.1, 0.15) is 0 Å². The topological polar surface area (TPSA) is 75.7 Å². The van der Waals surface area contributed by atoms with Crippen LogP contribution in [0.2, 0.25) is 0 Å². The van der Waals surface area contributed by atoms with Gasteiger partial charge in [0, 0.05) is 19.1 Å². The normalized spacial score (nSPS) is 34.8. The molecule has 1 aliphatic carbocycles. The minimum Gasteiger partial charge on any atom is -0.371 e. The number of carbonyl (C=O) groups is 1. The van der Waals surface area contributed by atoms with E-state index >= 15 is 0 Å². The maximum Gasteiger partial charge on any atom is 0.226 e. The Labute approximate surface area is 119 Å². The van der Waals surface area contributed by atoms with E-state index in [-0.39, 0.29) is 29.8 Å². The first-order chi connectivity index (χ1) is 9.49. The summed E-state index contributed by atoms with van der Waals surface area (Å²) in [5, 5.41) is 3.05. The summed E-state index contributed by atoms with van der Waals surface area (Å²) in [5.74, 6) is -0.0543. The van der Waals surface area contributed by atoms with Crippen LogP contribution in [0.25, 0.3) is 0 Å². The number of hydrogen-bond acceptors (Lipinski definition) is 4. The molecule has 0 unspecified atom stereocenters. The van der Waals surface area contributed by atoms with Crippen LogP contribution in [0, 0.1) is 5.92 Å². The highest BCUT2D eigenvalue weighted by molar-refractivity contribution is 7.89. The smallest absolute Gasteiger partial charge is 0.226 e. The Kier molecular flexibility index (Phi) is 3.77. The summed E-state index contributed by atoms with van der Waals surface area (Å²) in [6, 6.07) is 0.318. The minimum absolute atomic E-state index is 0.0398. The quantitative estimate of drug-likeness (QED) is 0.799. The highest BCUT2D eigenvalue weighted by Gasteiger charge is 2.47. The summed E-state index contributed by atoms with van der Waals surface area (Å²) >= 11 is 0. The number of morpholine rings is 1. The van der Waals surface area contributed by atoms with Gasteiger partial charge < -0.3 is 10.1 Å². The number of nitrogens with one attached hydrogen (secondary N) is 1. The predicted octanol–water partition coefficient (Wildman–Crippen LogP) is 0.0941. The van der Waals surface area contributed by atoms with Crippen LogP contribution < -0.4 is 5.32 Å². The van der Waals surface area contributed by atoms with Crippen molar-refractivity contribution in [3.63, 3.8) is 0 Å². The fourth-order valence-electron chi connectivity index (χ4n) is 3.17. The molecule has 0 aromatic heterocycles. The van der Waals surface area contributed by atoms with Crippen LogP contribution in [-0.4, -0.2) is 55.7 Å². The molecule has 1 N–H and O–H groups in total. The molecule has 0 spiro atoms. The Bertz CT molecular complexity index is 489. The highest BCUT2D eigenvalue weighted by Crippen LogP contribution is 2.33. The minimum atomic E-state index is -3.19. The molecular formula is C13H22N2O4S. The first kappa shape index (κ1) is 14.3. The number of sulfonamides is 1. The zero-order valence-corrected chi connectivity index (χ0v) is 12.6. The number of carbonyl (C=O) groups excluding carboxylic acids is 1. The number of amides is 1. The molecule has 114 valence electrons. The second-order valence-electron chi connectivity index (χ2n) is 5.99. The molecule has 7 heteroatoms. The zero-order chi connectivity index (χ0) is 14.3. The van der Waals surface area contributed by atoms with Gasteiger partial charge in [0.25, 0.3) is 0 Å². The van der Waals surface area contributed by atoms with E-state index in [9.17, 15) is 13.2 Å². The maximum atomic E-state index is 12.3. The van der Waals surface area contributed by atoms with E-state index in [1.54, 1.807) is 6.92 Å². The molecule has 1 saturated carbocycles. The molecule has 1 amide bonds. The Balaban J connectivity index is 1.64. The summed E-state index contributed by atoms with van der Waals surface area (Å²) < 4.78 is 31.2. The van der Waals surface area contributed by atoms with Crippen molar-refractivity contribution in [1.29, 1.82) is 0 Å². The van der Waals surface area contributed by atoms with Crippen LogP contribution >= 0.6 is 0 Å². The molecule has 2 heterocycles. The van der Waals surface area contributed by atoms with Crippen molar-refractivity contribution >= 4 is 15.9 Å². The first-order valence-corrected chi connectivity index (χ1v) is 9.04. The number of hydrogen-bond donors (Lipinski definition) is 1. The van der Waals surface area contributed by atoms with E-state index in [0.29, 0.717) is 25.6 Å². The van der Waals surface area contributed by atoms with Crippen LogP contribution in [-0.2, 0) is 19.6 Å². The Hall–Kier alpha value is -0.660. The third-order valence-electron chi connectivity index (χ3n) is 4.67. The monoisotopic (exact) mass is 302 g/mol. The molecule has 3 atom stereocenters. The van der Waals surface area contributed by atoms with Crippen molar-refractivity contribution in [2.75, 3.05) is 18.8 Å². The largest absolute Gasteiger partial charge is 0.371 e. The van der Waals surface area contributed by atoms with Crippen molar-refractivity contribution in [2.45, 2.75) is 50.9 Å². The van der Waals surface area contributed by atoms with Gasteiger partial charge in [-0.1, -0.05) is 0 Å². The molecule has 3 aliphatic rings. The van der Waals surface area contributed by atoms with Crippen molar-refractivity contribution in [2.24, 2.45) is 5.92 Å². The molecule has 20 heavy (non-hydrogen) atoms. The zero-order valence-electron chi connectivity index (χ0n) is 11.7. The van der Waals surface area contributed by atoms with Gasteiger partial charge in [-0.25, -0.2) is 8.42 Å². The fraction of sp³-hybridized carbons (Fsp3) is 0.923. The van der Waals surface area contributed by atoms with Gasteiger partial charge in [-0.05, 0) is 32.6 Å². The molecule has 2 aliphatic heterocycles. The molecule has 0 aromatic carbocycles. The lowest BCUT2D eigenvalue weighted by molar-refractivity contribution is -0.128. The van der Waals surface area contributed by atoms with Gasteiger partial charge in [-0.15, -0.1) is 0 Å². The van der Waals surface area contributed by atoms with Gasteiger partial charge in [-0.2, -0.15) is 4.31 Å². The summed E-state index contributed by atoms with van der Waals surface area (Å²) in [5.41, 5.74) is 0. The third kappa shape index (κ3) is 2.58. The average molecular weight is 302 g/mol. The lowest BCUT2D eigenvalue weighted by atomic mass is 9.91. The number of rotatable bonds is 4. The third-order valence-corrected chi connectivity index (χ3v) is 6.48. The molecule has 2 bridgehead atoms. The van der Waals surface area contributed by atoms with Crippen molar-refractivity contribution in [3.05, 3.63) is 0 Å². The van der Waals surface area contributed by atoms with E-state index in [1.807, 2.05) is 0 Å². The highest BCUT2D eigenvalue weighted by atomic mass is 32.2. The maximum absolute atomic E-state index is 12.3. The molecule has 2 saturated heterocycles. The van der Waals surface area contributed by atoms with Crippen molar-refractivity contribution < 1.29 is 17.9 Å². The van der Waals surface area contributed by atoms with E-state index in [1.165, 1.54) is 10.7 Å². The summed E-state index contributed by atoms with van der Waals surface area (Å²) in [7, 11) is -3.19. The van der Waals surface area contributed by atoms with Crippen LogP contribution in [0.3, 0.4) is 0 Å². The number of fused-ring (bicyclic) bond motifs is 2. The Morgan fingerprint density at radius 2 is 2.10 bits per heavy atom. The molecule has 0 aromatic rings. The van der Waals surface area contributed by atoms with Crippen LogP contribution in [0.15, 0.2) is 0 Å². The Morgan fingerprint density at radius 3 is 2.70 bits per heavy atom. The molecule has 3 rings (SSSR count). The SMILES string of the molecule is CCS(=O)(=O)N1C[C@@H]2C[C@@H](C(=O)NC3CCC3)[C@H](C1)O2. The van der Waals surface area contributed by atoms with Gasteiger partial charge in [-0.3, -0.25) is 4.79 Å². The average Bonchev–Trinajstić information content (AvgIpc) is 2.68. The van der Waals surface area contributed by atoms with Crippen LogP contribution in [0.5, 0.6) is 0 Å². The Morgan fingerprint density at radius 1 is 1.35 bits per heavy atom. The van der Waals surface area contributed by atoms with Crippen molar-refractivity contribution in [3.8, 4) is 0 Å². The first-order valence-electron chi connectivity index (χ1n) is 7.43. The molecular weight excluding hydrogens is 280 g/mol. The predicted molar refractivity (Wildman–Crippen MR) is 73.6 cm³/mol. The lowest BCUT2D eigenvalue weighted by Crippen LogP contribution is -2.49. The second kappa shape index (κ2) is 5.27. The van der Waals surface area contributed by atoms with E-state index in [4.69, 9.17) is 4.74 Å². The second-order valence-corrected chi connectivity index (χ2v) is 8.25. The van der Waals surface area contributed by atoms with Crippen LogP contribution in [0.1, 0.15) is 32.6 Å². The van der Waals surface area contributed by atoms with Gasteiger partial charge in [0.2, 0.25) is 15.9 Å².